The van der Waals surface area contributed by atoms with Crippen molar-refractivity contribution in [3.8, 4) is 0 Å². The van der Waals surface area contributed by atoms with Gasteiger partial charge in [0.25, 0.3) is 5.91 Å². The maximum Gasteiger partial charge on any atom is 0.251 e. The Kier molecular flexibility index (Phi) is 8.85. The molecule has 8 heteroatoms. The van der Waals surface area contributed by atoms with Crippen molar-refractivity contribution in [1.82, 2.24) is 15.5 Å². The second-order valence-electron chi connectivity index (χ2n) is 6.32. The molecule has 142 valence electrons. The summed E-state index contributed by atoms with van der Waals surface area (Å²) in [5.74, 6) is -0.163. The number of carbonyl (C=O) groups is 1. The van der Waals surface area contributed by atoms with Crippen molar-refractivity contribution in [2.45, 2.75) is 30.4 Å². The van der Waals surface area contributed by atoms with Crippen molar-refractivity contribution in [2.24, 2.45) is 0 Å². The molecule has 0 unspecified atom stereocenters. The third-order valence-corrected chi connectivity index (χ3v) is 6.38. The van der Waals surface area contributed by atoms with Gasteiger partial charge in [0, 0.05) is 38.3 Å². The molecule has 6 nitrogen and oxygen atoms in total. The Bertz CT molecular complexity index is 642. The summed E-state index contributed by atoms with van der Waals surface area (Å²) < 4.78 is 24.1. The zero-order valence-electron chi connectivity index (χ0n) is 14.8. The summed E-state index contributed by atoms with van der Waals surface area (Å²) >= 11 is 0. The summed E-state index contributed by atoms with van der Waals surface area (Å²) in [6, 6.07) is 6.15. The molecule has 1 aromatic rings. The second kappa shape index (κ2) is 10.1. The van der Waals surface area contributed by atoms with Crippen LogP contribution in [0.2, 0.25) is 0 Å². The van der Waals surface area contributed by atoms with Gasteiger partial charge in [0.2, 0.25) is 0 Å². The molecule has 1 heterocycles. The summed E-state index contributed by atoms with van der Waals surface area (Å²) in [5, 5.41) is 5.73. The molecule has 0 saturated carbocycles. The molecule has 2 N–H and O–H groups in total. The topological polar surface area (TPSA) is 78.5 Å². The standard InChI is InChI=1S/C17H27N3O3S.ClH/c1-14(2)24(22,23)16-6-4-15(5-7-16)17(21)19-8-3-11-20-12-9-18-10-13-20;/h4-7,14,18H,3,8-13H2,1-2H3,(H,19,21);1H. The normalized spacial score (nSPS) is 15.6. The number of sulfone groups is 1. The van der Waals surface area contributed by atoms with Gasteiger partial charge in [-0.05, 0) is 51.1 Å². The lowest BCUT2D eigenvalue weighted by atomic mass is 10.2. The van der Waals surface area contributed by atoms with Crippen LogP contribution in [0.15, 0.2) is 29.2 Å². The summed E-state index contributed by atoms with van der Waals surface area (Å²) in [6.07, 6.45) is 0.908. The zero-order chi connectivity index (χ0) is 17.6. The minimum absolute atomic E-state index is 0. The van der Waals surface area contributed by atoms with E-state index in [2.05, 4.69) is 15.5 Å². The van der Waals surface area contributed by atoms with Gasteiger partial charge in [0.15, 0.2) is 9.84 Å². The van der Waals surface area contributed by atoms with Crippen molar-refractivity contribution in [2.75, 3.05) is 39.3 Å². The first-order valence-corrected chi connectivity index (χ1v) is 10.0. The molecular formula is C17H28ClN3O3S. The number of nitrogens with zero attached hydrogens (tertiary/aromatic N) is 1. The van der Waals surface area contributed by atoms with E-state index in [1.54, 1.807) is 26.0 Å². The first-order valence-electron chi connectivity index (χ1n) is 8.46. The molecule has 1 aromatic carbocycles. The number of hydrogen-bond acceptors (Lipinski definition) is 5. The first-order chi connectivity index (χ1) is 11.4. The van der Waals surface area contributed by atoms with Crippen molar-refractivity contribution in [1.29, 1.82) is 0 Å². The number of halogens is 1. The highest BCUT2D eigenvalue weighted by molar-refractivity contribution is 7.92. The summed E-state index contributed by atoms with van der Waals surface area (Å²) in [5.41, 5.74) is 0.486. The monoisotopic (exact) mass is 389 g/mol. The van der Waals surface area contributed by atoms with Crippen molar-refractivity contribution in [3.63, 3.8) is 0 Å². The fraction of sp³-hybridized carbons (Fsp3) is 0.588. The molecule has 1 fully saturated rings. The molecule has 0 atom stereocenters. The number of hydrogen-bond donors (Lipinski definition) is 2. The molecular weight excluding hydrogens is 362 g/mol. The lowest BCUT2D eigenvalue weighted by Gasteiger charge is -2.27. The fourth-order valence-electron chi connectivity index (χ4n) is 2.61. The minimum Gasteiger partial charge on any atom is -0.352 e. The lowest BCUT2D eigenvalue weighted by molar-refractivity contribution is 0.0951. The van der Waals surface area contributed by atoms with E-state index >= 15 is 0 Å². The predicted octanol–water partition coefficient (Wildman–Crippen LogP) is 1.32. The molecule has 1 aliphatic heterocycles. The van der Waals surface area contributed by atoms with Crippen molar-refractivity contribution >= 4 is 28.2 Å². The second-order valence-corrected chi connectivity index (χ2v) is 8.82. The zero-order valence-corrected chi connectivity index (χ0v) is 16.5. The molecule has 0 bridgehead atoms. The van der Waals surface area contributed by atoms with Crippen LogP contribution >= 0.6 is 12.4 Å². The molecule has 25 heavy (non-hydrogen) atoms. The van der Waals surface area contributed by atoms with Crippen LogP contribution in [-0.4, -0.2) is 63.7 Å². The van der Waals surface area contributed by atoms with Gasteiger partial charge in [-0.15, -0.1) is 12.4 Å². The molecule has 2 rings (SSSR count). The van der Waals surface area contributed by atoms with Gasteiger partial charge >= 0.3 is 0 Å². The van der Waals surface area contributed by atoms with Crippen LogP contribution in [0, 0.1) is 0 Å². The van der Waals surface area contributed by atoms with E-state index in [0.29, 0.717) is 12.1 Å². The highest BCUT2D eigenvalue weighted by Crippen LogP contribution is 2.16. The van der Waals surface area contributed by atoms with Gasteiger partial charge in [-0.3, -0.25) is 4.79 Å². The Balaban J connectivity index is 0.00000312. The van der Waals surface area contributed by atoms with E-state index in [1.807, 2.05) is 0 Å². The Morgan fingerprint density at radius 1 is 1.20 bits per heavy atom. The Morgan fingerprint density at radius 3 is 2.36 bits per heavy atom. The number of carbonyl (C=O) groups excluding carboxylic acids is 1. The quantitative estimate of drug-likeness (QED) is 0.687. The number of benzene rings is 1. The number of rotatable bonds is 7. The summed E-state index contributed by atoms with van der Waals surface area (Å²) in [7, 11) is -3.30. The van der Waals surface area contributed by atoms with E-state index in [9.17, 15) is 13.2 Å². The molecule has 1 amide bonds. The van der Waals surface area contributed by atoms with E-state index in [-0.39, 0.29) is 23.2 Å². The van der Waals surface area contributed by atoms with Crippen molar-refractivity contribution in [3.05, 3.63) is 29.8 Å². The van der Waals surface area contributed by atoms with E-state index in [1.165, 1.54) is 12.1 Å². The van der Waals surface area contributed by atoms with Crippen LogP contribution < -0.4 is 10.6 Å². The third kappa shape index (κ3) is 6.26. The van der Waals surface area contributed by atoms with Gasteiger partial charge in [0.1, 0.15) is 0 Å². The Labute approximate surface area is 156 Å². The van der Waals surface area contributed by atoms with Gasteiger partial charge in [-0.2, -0.15) is 0 Å². The Morgan fingerprint density at radius 2 is 1.80 bits per heavy atom. The van der Waals surface area contributed by atoms with Crippen LogP contribution in [-0.2, 0) is 9.84 Å². The van der Waals surface area contributed by atoms with Crippen LogP contribution in [0.1, 0.15) is 30.6 Å². The van der Waals surface area contributed by atoms with Gasteiger partial charge in [-0.1, -0.05) is 0 Å². The molecule has 0 spiro atoms. The predicted molar refractivity (Wildman–Crippen MR) is 102 cm³/mol. The minimum atomic E-state index is -3.30. The summed E-state index contributed by atoms with van der Waals surface area (Å²) in [6.45, 7) is 9.06. The number of piperazine rings is 1. The largest absolute Gasteiger partial charge is 0.352 e. The SMILES string of the molecule is CC(C)S(=O)(=O)c1ccc(C(=O)NCCCN2CCNCC2)cc1.Cl. The van der Waals surface area contributed by atoms with Crippen LogP contribution in [0.3, 0.4) is 0 Å². The van der Waals surface area contributed by atoms with Gasteiger partial charge in [-0.25, -0.2) is 8.42 Å². The first kappa shape index (κ1) is 21.9. The molecule has 1 saturated heterocycles. The third-order valence-electron chi connectivity index (χ3n) is 4.21. The summed E-state index contributed by atoms with van der Waals surface area (Å²) in [4.78, 5) is 14.7. The highest BCUT2D eigenvalue weighted by atomic mass is 35.5. The Hall–Kier alpha value is -1.15. The van der Waals surface area contributed by atoms with Gasteiger partial charge < -0.3 is 15.5 Å². The van der Waals surface area contributed by atoms with Crippen LogP contribution in [0.25, 0.3) is 0 Å². The van der Waals surface area contributed by atoms with E-state index in [4.69, 9.17) is 0 Å². The maximum absolute atomic E-state index is 12.1. The molecule has 0 radical (unpaired) electrons. The number of nitrogens with one attached hydrogen (secondary N) is 2. The molecule has 0 aliphatic carbocycles. The maximum atomic E-state index is 12.1. The van der Waals surface area contributed by atoms with E-state index < -0.39 is 15.1 Å². The van der Waals surface area contributed by atoms with E-state index in [0.717, 1.165) is 39.1 Å². The van der Waals surface area contributed by atoms with Crippen LogP contribution in [0.4, 0.5) is 0 Å². The lowest BCUT2D eigenvalue weighted by Crippen LogP contribution is -2.44. The fourth-order valence-corrected chi connectivity index (χ4v) is 3.67. The van der Waals surface area contributed by atoms with Gasteiger partial charge in [0.05, 0.1) is 10.1 Å². The average Bonchev–Trinajstić information content (AvgIpc) is 2.59. The molecule has 0 aromatic heterocycles. The number of amides is 1. The van der Waals surface area contributed by atoms with Crippen molar-refractivity contribution < 1.29 is 13.2 Å². The highest BCUT2D eigenvalue weighted by Gasteiger charge is 2.19. The smallest absolute Gasteiger partial charge is 0.251 e. The molecule has 1 aliphatic rings. The average molecular weight is 390 g/mol. The van der Waals surface area contributed by atoms with Crippen LogP contribution in [0.5, 0.6) is 0 Å².